The first-order chi connectivity index (χ1) is 5.86. The molecule has 4 rings (SSSR count). The normalized spacial score (nSPS) is 56.2. The maximum absolute atomic E-state index is 5.85. The van der Waals surface area contributed by atoms with Crippen LogP contribution >= 0.6 is 0 Å². The number of hydrogen-bond acceptors (Lipinski definition) is 0. The first kappa shape index (κ1) is 7.47. The maximum atomic E-state index is 5.85. The molecule has 0 nitrogen and oxygen atoms in total. The van der Waals surface area contributed by atoms with Crippen LogP contribution in [0.1, 0.15) is 32.1 Å². The van der Waals surface area contributed by atoms with E-state index >= 15 is 0 Å². The van der Waals surface area contributed by atoms with Gasteiger partial charge in [-0.15, -0.1) is 0 Å². The summed E-state index contributed by atoms with van der Waals surface area (Å²) in [7, 11) is 5.85. The standard InChI is InChI=1S/C11H17B/c12-6-11-9-2-7-1-8(4-9)5-10(11)3-7/h7-11H,1-6H2. The third kappa shape index (κ3) is 0.915. The van der Waals surface area contributed by atoms with E-state index in [1.807, 2.05) is 0 Å². The Bertz CT molecular complexity index is 159. The Morgan fingerprint density at radius 2 is 1.33 bits per heavy atom. The van der Waals surface area contributed by atoms with E-state index < -0.39 is 0 Å². The van der Waals surface area contributed by atoms with E-state index in [0.29, 0.717) is 0 Å². The zero-order valence-corrected chi connectivity index (χ0v) is 7.71. The van der Waals surface area contributed by atoms with Crippen LogP contribution in [0.3, 0.4) is 0 Å². The average Bonchev–Trinajstić information content (AvgIpc) is 2.02. The van der Waals surface area contributed by atoms with Crippen LogP contribution in [0.4, 0.5) is 0 Å². The van der Waals surface area contributed by atoms with Crippen molar-refractivity contribution in [3.05, 3.63) is 0 Å². The lowest BCUT2D eigenvalue weighted by Gasteiger charge is -2.54. The second kappa shape index (κ2) is 2.53. The van der Waals surface area contributed by atoms with Crippen molar-refractivity contribution in [2.75, 3.05) is 0 Å². The van der Waals surface area contributed by atoms with E-state index in [9.17, 15) is 0 Å². The molecule has 4 aliphatic rings. The maximum Gasteiger partial charge on any atom is 0.0657 e. The van der Waals surface area contributed by atoms with Gasteiger partial charge in [0.05, 0.1) is 7.85 Å². The summed E-state index contributed by atoms with van der Waals surface area (Å²) in [5.74, 6) is 5.20. The largest absolute Gasteiger partial charge is 0.0854 e. The summed E-state index contributed by atoms with van der Waals surface area (Å²) in [5, 5.41) is 0. The molecule has 0 atom stereocenters. The average molecular weight is 160 g/mol. The molecule has 4 aliphatic carbocycles. The van der Waals surface area contributed by atoms with E-state index in [0.717, 1.165) is 35.9 Å². The zero-order valence-electron chi connectivity index (χ0n) is 7.71. The van der Waals surface area contributed by atoms with E-state index in [1.165, 1.54) is 25.7 Å². The van der Waals surface area contributed by atoms with Crippen LogP contribution in [0, 0.1) is 29.6 Å². The molecule has 0 aliphatic heterocycles. The molecule has 2 radical (unpaired) electrons. The van der Waals surface area contributed by atoms with Gasteiger partial charge < -0.3 is 0 Å². The lowest BCUT2D eigenvalue weighted by atomic mass is 9.50. The SMILES string of the molecule is [B]CC1C2CC3CC(C2)CC1C3. The molecular formula is C11H17B. The molecule has 0 aromatic rings. The van der Waals surface area contributed by atoms with Crippen LogP contribution in [-0.2, 0) is 0 Å². The predicted molar refractivity (Wildman–Crippen MR) is 51.1 cm³/mol. The molecule has 12 heavy (non-hydrogen) atoms. The summed E-state index contributed by atoms with van der Waals surface area (Å²) in [6.07, 6.45) is 8.62. The fraction of sp³-hybridized carbons (Fsp3) is 1.00. The summed E-state index contributed by atoms with van der Waals surface area (Å²) in [6.45, 7) is 0. The quantitative estimate of drug-likeness (QED) is 0.517. The highest BCUT2D eigenvalue weighted by Gasteiger charge is 2.46. The summed E-state index contributed by atoms with van der Waals surface area (Å²) in [4.78, 5) is 0. The van der Waals surface area contributed by atoms with Crippen molar-refractivity contribution in [2.24, 2.45) is 29.6 Å². The van der Waals surface area contributed by atoms with Gasteiger partial charge in [0.15, 0.2) is 0 Å². The summed E-state index contributed by atoms with van der Waals surface area (Å²) in [6, 6.07) is 0. The van der Waals surface area contributed by atoms with Crippen molar-refractivity contribution in [1.29, 1.82) is 0 Å². The minimum Gasteiger partial charge on any atom is -0.0854 e. The van der Waals surface area contributed by atoms with Crippen LogP contribution in [0.5, 0.6) is 0 Å². The van der Waals surface area contributed by atoms with Crippen LogP contribution in [-0.4, -0.2) is 7.85 Å². The molecule has 1 heteroatoms. The van der Waals surface area contributed by atoms with Gasteiger partial charge in [-0.2, -0.15) is 0 Å². The van der Waals surface area contributed by atoms with Crippen LogP contribution in [0.25, 0.3) is 0 Å². The van der Waals surface area contributed by atoms with Crippen molar-refractivity contribution < 1.29 is 0 Å². The van der Waals surface area contributed by atoms with Gasteiger partial charge in [0, 0.05) is 0 Å². The van der Waals surface area contributed by atoms with Crippen molar-refractivity contribution in [2.45, 2.75) is 38.4 Å². The molecule has 4 fully saturated rings. The topological polar surface area (TPSA) is 0 Å². The fourth-order valence-corrected chi connectivity index (χ4v) is 4.42. The molecule has 64 valence electrons. The molecule has 0 saturated heterocycles. The van der Waals surface area contributed by atoms with Crippen LogP contribution < -0.4 is 0 Å². The van der Waals surface area contributed by atoms with Crippen LogP contribution in [0.2, 0.25) is 6.32 Å². The third-order valence-corrected chi connectivity index (χ3v) is 4.69. The Hall–Kier alpha value is 0.0649. The number of rotatable bonds is 1. The molecule has 0 spiro atoms. The van der Waals surface area contributed by atoms with Gasteiger partial charge in [0.2, 0.25) is 0 Å². The van der Waals surface area contributed by atoms with Gasteiger partial charge in [0.25, 0.3) is 0 Å². The first-order valence-electron chi connectivity index (χ1n) is 5.57. The molecule has 0 unspecified atom stereocenters. The minimum absolute atomic E-state index is 0.915. The van der Waals surface area contributed by atoms with Gasteiger partial charge in [-0.05, 0) is 61.7 Å². The molecule has 4 saturated carbocycles. The minimum atomic E-state index is 0.915. The monoisotopic (exact) mass is 160 g/mol. The second-order valence-corrected chi connectivity index (χ2v) is 5.33. The van der Waals surface area contributed by atoms with E-state index in [-0.39, 0.29) is 0 Å². The zero-order chi connectivity index (χ0) is 8.13. The predicted octanol–water partition coefficient (Wildman–Crippen LogP) is 2.65. The summed E-state index contributed by atoms with van der Waals surface area (Å²) in [5.41, 5.74) is 0. The van der Waals surface area contributed by atoms with E-state index in [2.05, 4.69) is 0 Å². The van der Waals surface area contributed by atoms with E-state index in [1.54, 1.807) is 6.42 Å². The molecule has 0 aromatic carbocycles. The highest BCUT2D eigenvalue weighted by molar-refractivity contribution is 6.08. The Morgan fingerprint density at radius 3 is 1.75 bits per heavy atom. The Balaban J connectivity index is 1.86. The first-order valence-corrected chi connectivity index (χ1v) is 5.57. The lowest BCUT2D eigenvalue weighted by molar-refractivity contribution is -0.0278. The molecule has 0 heterocycles. The van der Waals surface area contributed by atoms with Crippen molar-refractivity contribution >= 4 is 7.85 Å². The van der Waals surface area contributed by atoms with Gasteiger partial charge >= 0.3 is 0 Å². The van der Waals surface area contributed by atoms with Gasteiger partial charge in [-0.25, -0.2) is 0 Å². The van der Waals surface area contributed by atoms with Gasteiger partial charge in [0.1, 0.15) is 0 Å². The van der Waals surface area contributed by atoms with Crippen molar-refractivity contribution in [3.63, 3.8) is 0 Å². The Morgan fingerprint density at radius 1 is 0.833 bits per heavy atom. The van der Waals surface area contributed by atoms with Gasteiger partial charge in [-0.3, -0.25) is 0 Å². The Kier molecular flexibility index (Phi) is 1.57. The Labute approximate surface area is 76.5 Å². The van der Waals surface area contributed by atoms with Crippen molar-refractivity contribution in [1.82, 2.24) is 0 Å². The second-order valence-electron chi connectivity index (χ2n) is 5.33. The smallest absolute Gasteiger partial charge is 0.0657 e. The molecular weight excluding hydrogens is 143 g/mol. The number of hydrogen-bond donors (Lipinski definition) is 0. The van der Waals surface area contributed by atoms with E-state index in [4.69, 9.17) is 7.85 Å². The van der Waals surface area contributed by atoms with Gasteiger partial charge in [-0.1, -0.05) is 6.32 Å². The van der Waals surface area contributed by atoms with Crippen molar-refractivity contribution in [3.8, 4) is 0 Å². The lowest BCUT2D eigenvalue weighted by Crippen LogP contribution is -2.44. The molecule has 0 amide bonds. The van der Waals surface area contributed by atoms with Crippen LogP contribution in [0.15, 0.2) is 0 Å². The molecule has 0 aromatic heterocycles. The molecule has 0 N–H and O–H groups in total. The highest BCUT2D eigenvalue weighted by Crippen LogP contribution is 2.57. The summed E-state index contributed by atoms with van der Waals surface area (Å²) < 4.78 is 0. The highest BCUT2D eigenvalue weighted by atomic mass is 14.5. The fourth-order valence-electron chi connectivity index (χ4n) is 4.42. The summed E-state index contributed by atoms with van der Waals surface area (Å²) >= 11 is 0. The molecule has 4 bridgehead atoms. The third-order valence-electron chi connectivity index (χ3n) is 4.69.